The fourth-order valence-corrected chi connectivity index (χ4v) is 4.21. The molecule has 2 aliphatic heterocycles. The molecule has 2 amide bonds. The normalized spacial score (nSPS) is 18.3. The monoisotopic (exact) mass is 399 g/mol. The van der Waals surface area contributed by atoms with Gasteiger partial charge in [0.25, 0.3) is 11.8 Å². The number of hydrogen-bond acceptors (Lipinski definition) is 3. The first-order chi connectivity index (χ1) is 14.0. The minimum absolute atomic E-state index is 0.00902. The van der Waals surface area contributed by atoms with Gasteiger partial charge in [-0.2, -0.15) is 0 Å². The summed E-state index contributed by atoms with van der Waals surface area (Å²) in [5.41, 5.74) is 1.98. The number of carbonyl (C=O) groups excluding carboxylic acids is 2. The molecule has 2 aliphatic rings. The lowest BCUT2D eigenvalue weighted by molar-refractivity contribution is 0.0582. The molecule has 0 saturated carbocycles. The first-order valence-electron chi connectivity index (χ1n) is 9.93. The van der Waals surface area contributed by atoms with E-state index in [0.717, 1.165) is 50.2 Å². The van der Waals surface area contributed by atoms with E-state index in [0.29, 0.717) is 11.1 Å². The van der Waals surface area contributed by atoms with E-state index in [4.69, 9.17) is 0 Å². The van der Waals surface area contributed by atoms with Gasteiger partial charge in [-0.3, -0.25) is 9.59 Å². The molecule has 0 unspecified atom stereocenters. The van der Waals surface area contributed by atoms with Crippen molar-refractivity contribution in [3.05, 3.63) is 64.7 Å². The van der Waals surface area contributed by atoms with Crippen LogP contribution in [0.15, 0.2) is 36.4 Å². The van der Waals surface area contributed by atoms with E-state index in [1.165, 1.54) is 6.07 Å². The third-order valence-electron chi connectivity index (χ3n) is 5.69. The topological polar surface area (TPSA) is 52.7 Å². The van der Waals surface area contributed by atoms with Crippen molar-refractivity contribution in [2.24, 2.45) is 0 Å². The molecule has 0 radical (unpaired) electrons. The highest BCUT2D eigenvalue weighted by atomic mass is 19.1. The van der Waals surface area contributed by atoms with E-state index in [1.54, 1.807) is 18.2 Å². The van der Waals surface area contributed by atoms with Crippen molar-refractivity contribution in [3.8, 4) is 0 Å². The molecule has 1 atom stereocenters. The molecule has 29 heavy (non-hydrogen) atoms. The smallest absolute Gasteiger partial charge is 0.257 e. The first-order valence-corrected chi connectivity index (χ1v) is 9.93. The molecule has 1 saturated heterocycles. The van der Waals surface area contributed by atoms with Crippen molar-refractivity contribution in [2.75, 3.05) is 18.0 Å². The molecule has 0 aliphatic carbocycles. The molecule has 1 fully saturated rings. The molecular formula is C22H23F2N3O2. The third-order valence-corrected chi connectivity index (χ3v) is 5.69. The van der Waals surface area contributed by atoms with Gasteiger partial charge in [-0.05, 0) is 50.5 Å². The SMILES string of the molecule is CCN1c2cc(C(=O)NCc3ccc(F)cc3F)ccc2C(=O)N2CCCC[C@@H]21. The zero-order valence-electron chi connectivity index (χ0n) is 16.3. The zero-order valence-corrected chi connectivity index (χ0v) is 16.3. The Morgan fingerprint density at radius 3 is 2.76 bits per heavy atom. The van der Waals surface area contributed by atoms with Gasteiger partial charge in [0.1, 0.15) is 17.8 Å². The molecule has 0 aromatic heterocycles. The summed E-state index contributed by atoms with van der Waals surface area (Å²) in [5.74, 6) is -1.72. The van der Waals surface area contributed by atoms with Crippen molar-refractivity contribution in [1.82, 2.24) is 10.2 Å². The number of nitrogens with one attached hydrogen (secondary N) is 1. The summed E-state index contributed by atoms with van der Waals surface area (Å²) in [6, 6.07) is 8.31. The molecule has 4 rings (SSSR count). The van der Waals surface area contributed by atoms with Gasteiger partial charge in [-0.1, -0.05) is 6.07 Å². The third kappa shape index (κ3) is 3.57. The minimum atomic E-state index is -0.698. The zero-order chi connectivity index (χ0) is 20.5. The Bertz CT molecular complexity index is 963. The minimum Gasteiger partial charge on any atom is -0.351 e. The molecule has 7 heteroatoms. The number of benzene rings is 2. The molecule has 152 valence electrons. The number of carbonyl (C=O) groups is 2. The van der Waals surface area contributed by atoms with Crippen LogP contribution in [0, 0.1) is 11.6 Å². The van der Waals surface area contributed by atoms with Gasteiger partial charge in [-0.25, -0.2) is 8.78 Å². The van der Waals surface area contributed by atoms with Crippen LogP contribution >= 0.6 is 0 Å². The summed E-state index contributed by atoms with van der Waals surface area (Å²) in [6.07, 6.45) is 3.03. The molecule has 2 aromatic carbocycles. The Hall–Kier alpha value is -2.96. The number of nitrogens with zero attached hydrogens (tertiary/aromatic N) is 2. The van der Waals surface area contributed by atoms with E-state index in [2.05, 4.69) is 10.2 Å². The molecular weight excluding hydrogens is 376 g/mol. The van der Waals surface area contributed by atoms with Crippen molar-refractivity contribution in [3.63, 3.8) is 0 Å². The second-order valence-corrected chi connectivity index (χ2v) is 7.41. The predicted octanol–water partition coefficient (Wildman–Crippen LogP) is 3.69. The number of rotatable bonds is 4. The summed E-state index contributed by atoms with van der Waals surface area (Å²) < 4.78 is 26.8. The van der Waals surface area contributed by atoms with Gasteiger partial charge < -0.3 is 15.1 Å². The van der Waals surface area contributed by atoms with Gasteiger partial charge in [0, 0.05) is 36.8 Å². The highest BCUT2D eigenvalue weighted by Gasteiger charge is 2.38. The molecule has 2 heterocycles. The van der Waals surface area contributed by atoms with Gasteiger partial charge >= 0.3 is 0 Å². The van der Waals surface area contributed by atoms with Gasteiger partial charge in [0.05, 0.1) is 11.3 Å². The number of hydrogen-bond donors (Lipinski definition) is 1. The van der Waals surface area contributed by atoms with Crippen molar-refractivity contribution in [1.29, 1.82) is 0 Å². The fourth-order valence-electron chi connectivity index (χ4n) is 4.21. The highest BCUT2D eigenvalue weighted by molar-refractivity contribution is 6.04. The molecule has 0 spiro atoms. The van der Waals surface area contributed by atoms with E-state index < -0.39 is 11.6 Å². The van der Waals surface area contributed by atoms with E-state index >= 15 is 0 Å². The second-order valence-electron chi connectivity index (χ2n) is 7.41. The van der Waals surface area contributed by atoms with Crippen molar-refractivity contribution in [2.45, 2.75) is 38.9 Å². The fraction of sp³-hybridized carbons (Fsp3) is 0.364. The van der Waals surface area contributed by atoms with Crippen LogP contribution in [0.1, 0.15) is 52.5 Å². The number of halogens is 2. The van der Waals surface area contributed by atoms with Crippen molar-refractivity contribution < 1.29 is 18.4 Å². The molecule has 2 aromatic rings. The Morgan fingerprint density at radius 2 is 2.00 bits per heavy atom. The number of amides is 2. The highest BCUT2D eigenvalue weighted by Crippen LogP contribution is 2.35. The maximum absolute atomic E-state index is 13.8. The van der Waals surface area contributed by atoms with Crippen LogP contribution in [-0.4, -0.2) is 36.0 Å². The summed E-state index contributed by atoms with van der Waals surface area (Å²) in [6.45, 7) is 3.48. The molecule has 0 bridgehead atoms. The predicted molar refractivity (Wildman–Crippen MR) is 106 cm³/mol. The molecule has 5 nitrogen and oxygen atoms in total. The van der Waals surface area contributed by atoms with E-state index in [-0.39, 0.29) is 30.1 Å². The van der Waals surface area contributed by atoms with Crippen molar-refractivity contribution >= 4 is 17.5 Å². The lowest BCUT2D eigenvalue weighted by Crippen LogP contribution is -2.57. The van der Waals surface area contributed by atoms with Gasteiger partial charge in [0.2, 0.25) is 0 Å². The Morgan fingerprint density at radius 1 is 1.17 bits per heavy atom. The Labute approximate surface area is 168 Å². The van der Waals surface area contributed by atoms with Crippen LogP contribution in [0.25, 0.3) is 0 Å². The second kappa shape index (κ2) is 7.81. The summed E-state index contributed by atoms with van der Waals surface area (Å²) in [4.78, 5) is 29.6. The van der Waals surface area contributed by atoms with Crippen LogP contribution in [0.2, 0.25) is 0 Å². The summed E-state index contributed by atoms with van der Waals surface area (Å²) in [7, 11) is 0. The van der Waals surface area contributed by atoms with Crippen LogP contribution < -0.4 is 10.2 Å². The summed E-state index contributed by atoms with van der Waals surface area (Å²) in [5, 5.41) is 2.67. The lowest BCUT2D eigenvalue weighted by atomic mass is 9.97. The largest absolute Gasteiger partial charge is 0.351 e. The standard InChI is InChI=1S/C22H23F2N3O2/c1-2-26-19-11-14(21(28)25-13-15-6-8-16(23)12-18(15)24)7-9-17(19)22(29)27-10-4-3-5-20(26)27/h6-9,11-12,20H,2-5,10,13H2,1H3,(H,25,28)/t20-/m1/s1. The first kappa shape index (κ1) is 19.4. The van der Waals surface area contributed by atoms with Crippen LogP contribution in [0.4, 0.5) is 14.5 Å². The lowest BCUT2D eigenvalue weighted by Gasteiger charge is -2.47. The van der Waals surface area contributed by atoms with E-state index in [9.17, 15) is 18.4 Å². The van der Waals surface area contributed by atoms with Crippen LogP contribution in [0.5, 0.6) is 0 Å². The number of fused-ring (bicyclic) bond motifs is 2. The number of anilines is 1. The molecule has 1 N–H and O–H groups in total. The quantitative estimate of drug-likeness (QED) is 0.853. The van der Waals surface area contributed by atoms with Crippen LogP contribution in [0.3, 0.4) is 0 Å². The van der Waals surface area contributed by atoms with Crippen LogP contribution in [-0.2, 0) is 6.54 Å². The average Bonchev–Trinajstić information content (AvgIpc) is 2.73. The Kier molecular flexibility index (Phi) is 5.22. The van der Waals surface area contributed by atoms with Gasteiger partial charge in [0.15, 0.2) is 0 Å². The Balaban J connectivity index is 1.57. The van der Waals surface area contributed by atoms with E-state index in [1.807, 2.05) is 11.8 Å². The maximum atomic E-state index is 13.8. The van der Waals surface area contributed by atoms with Gasteiger partial charge in [-0.15, -0.1) is 0 Å². The summed E-state index contributed by atoms with van der Waals surface area (Å²) >= 11 is 0. The number of piperidine rings is 1. The average molecular weight is 399 g/mol. The maximum Gasteiger partial charge on any atom is 0.257 e.